The van der Waals surface area contributed by atoms with Crippen molar-refractivity contribution in [3.05, 3.63) is 74.0 Å². The zero-order chi connectivity index (χ0) is 20.0. The van der Waals surface area contributed by atoms with Gasteiger partial charge in [-0.3, -0.25) is 4.79 Å². The average Bonchev–Trinajstić information content (AvgIpc) is 3.33. The van der Waals surface area contributed by atoms with Crippen molar-refractivity contribution in [3.8, 4) is 10.4 Å². The zero-order valence-electron chi connectivity index (χ0n) is 16.6. The lowest BCUT2D eigenvalue weighted by Crippen LogP contribution is -3.08. The molecule has 2 atom stereocenters. The second kappa shape index (κ2) is 7.52. The number of thiophene rings is 2. The summed E-state index contributed by atoms with van der Waals surface area (Å²) in [4.78, 5) is 25.4. The molecule has 0 amide bonds. The van der Waals surface area contributed by atoms with Crippen LogP contribution in [0.5, 0.6) is 0 Å². The maximum Gasteiger partial charge on any atom is 0.260 e. The number of aromatic amines is 1. The van der Waals surface area contributed by atoms with Gasteiger partial charge in [0.05, 0.1) is 12.4 Å². The maximum atomic E-state index is 12.9. The minimum atomic E-state index is -0.0239. The molecule has 0 aliphatic heterocycles. The van der Waals surface area contributed by atoms with Gasteiger partial charge in [-0.2, -0.15) is 0 Å². The van der Waals surface area contributed by atoms with Crippen LogP contribution in [0, 0.1) is 6.92 Å². The molecule has 3 heterocycles. The van der Waals surface area contributed by atoms with Gasteiger partial charge in [0, 0.05) is 32.7 Å². The van der Waals surface area contributed by atoms with Crippen molar-refractivity contribution in [1.29, 1.82) is 0 Å². The van der Waals surface area contributed by atoms with E-state index in [2.05, 4.69) is 60.7 Å². The van der Waals surface area contributed by atoms with E-state index in [0.29, 0.717) is 6.04 Å². The van der Waals surface area contributed by atoms with Gasteiger partial charge in [0.25, 0.3) is 5.56 Å². The third kappa shape index (κ3) is 3.45. The fourth-order valence-corrected chi connectivity index (χ4v) is 6.41. The van der Waals surface area contributed by atoms with E-state index in [0.717, 1.165) is 33.0 Å². The highest BCUT2D eigenvalue weighted by atomic mass is 32.1. The first kappa shape index (κ1) is 18.7. The van der Waals surface area contributed by atoms with E-state index in [-0.39, 0.29) is 5.56 Å². The van der Waals surface area contributed by atoms with Crippen molar-refractivity contribution in [1.82, 2.24) is 9.97 Å². The molecule has 29 heavy (non-hydrogen) atoms. The van der Waals surface area contributed by atoms with Crippen molar-refractivity contribution in [2.75, 3.05) is 7.05 Å². The van der Waals surface area contributed by atoms with Crippen LogP contribution in [0.15, 0.2) is 46.6 Å². The molecule has 0 spiro atoms. The van der Waals surface area contributed by atoms with Crippen LogP contribution in [0.3, 0.4) is 0 Å². The molecule has 0 radical (unpaired) electrons. The molecule has 4 nitrogen and oxygen atoms in total. The number of hydrogen-bond acceptors (Lipinski definition) is 4. The third-order valence-corrected chi connectivity index (χ3v) is 7.82. The molecule has 6 heteroatoms. The minimum Gasteiger partial charge on any atom is -0.325 e. The number of aryl methyl sites for hydroxylation is 2. The van der Waals surface area contributed by atoms with E-state index >= 15 is 0 Å². The van der Waals surface area contributed by atoms with Crippen LogP contribution < -0.4 is 10.5 Å². The molecule has 1 aromatic carbocycles. The Morgan fingerprint density at radius 2 is 2.10 bits per heavy atom. The Bertz CT molecular complexity index is 1240. The van der Waals surface area contributed by atoms with Crippen LogP contribution in [0.1, 0.15) is 40.7 Å². The van der Waals surface area contributed by atoms with Gasteiger partial charge in [-0.1, -0.05) is 24.3 Å². The highest BCUT2D eigenvalue weighted by molar-refractivity contribution is 7.19. The second-order valence-corrected chi connectivity index (χ2v) is 10.1. The molecule has 5 rings (SSSR count). The van der Waals surface area contributed by atoms with Crippen LogP contribution in [0.25, 0.3) is 20.7 Å². The lowest BCUT2D eigenvalue weighted by molar-refractivity contribution is -0.927. The van der Waals surface area contributed by atoms with Crippen molar-refractivity contribution in [2.24, 2.45) is 0 Å². The zero-order valence-corrected chi connectivity index (χ0v) is 18.3. The number of quaternary nitrogens is 1. The van der Waals surface area contributed by atoms with E-state index in [1.165, 1.54) is 40.2 Å². The molecule has 4 aromatic rings. The first-order valence-corrected chi connectivity index (χ1v) is 11.8. The number of nitrogens with one attached hydrogen (secondary N) is 2. The first-order valence-electron chi connectivity index (χ1n) is 10.1. The van der Waals surface area contributed by atoms with Gasteiger partial charge in [-0.15, -0.1) is 22.7 Å². The number of fused-ring (bicyclic) bond motifs is 2. The van der Waals surface area contributed by atoms with E-state index in [1.54, 1.807) is 22.7 Å². The average molecular weight is 423 g/mol. The Morgan fingerprint density at radius 1 is 1.24 bits per heavy atom. The summed E-state index contributed by atoms with van der Waals surface area (Å²) in [6.07, 6.45) is 3.56. The fraction of sp³-hybridized carbons (Fsp3) is 0.304. The van der Waals surface area contributed by atoms with Gasteiger partial charge in [-0.25, -0.2) is 4.98 Å². The normalized spacial score (nSPS) is 17.4. The summed E-state index contributed by atoms with van der Waals surface area (Å²) in [5.74, 6) is 0.777. The van der Waals surface area contributed by atoms with Gasteiger partial charge in [0.15, 0.2) is 5.82 Å². The second-order valence-electron chi connectivity index (χ2n) is 7.92. The summed E-state index contributed by atoms with van der Waals surface area (Å²) in [6, 6.07) is 13.4. The molecule has 1 aliphatic rings. The summed E-state index contributed by atoms with van der Waals surface area (Å²) < 4.78 is 0. The third-order valence-electron chi connectivity index (χ3n) is 5.91. The van der Waals surface area contributed by atoms with Gasteiger partial charge < -0.3 is 9.88 Å². The highest BCUT2D eigenvalue weighted by Crippen LogP contribution is 2.35. The molecule has 0 bridgehead atoms. The summed E-state index contributed by atoms with van der Waals surface area (Å²) in [5, 5.41) is 2.79. The van der Waals surface area contributed by atoms with E-state index in [9.17, 15) is 4.79 Å². The quantitative estimate of drug-likeness (QED) is 0.520. The van der Waals surface area contributed by atoms with Crippen LogP contribution in [0.4, 0.5) is 0 Å². The molecule has 3 aromatic heterocycles. The summed E-state index contributed by atoms with van der Waals surface area (Å²) in [5.41, 5.74) is 3.90. The van der Waals surface area contributed by atoms with Crippen LogP contribution in [0.2, 0.25) is 0 Å². The maximum absolute atomic E-state index is 12.9. The van der Waals surface area contributed by atoms with E-state index in [4.69, 9.17) is 4.98 Å². The lowest BCUT2D eigenvalue weighted by Gasteiger charge is -2.30. The summed E-state index contributed by atoms with van der Waals surface area (Å²) in [6.45, 7) is 2.81. The molecule has 148 valence electrons. The van der Waals surface area contributed by atoms with Gasteiger partial charge in [0.2, 0.25) is 0 Å². The van der Waals surface area contributed by atoms with Crippen LogP contribution >= 0.6 is 22.7 Å². The highest BCUT2D eigenvalue weighted by Gasteiger charge is 2.27. The molecule has 1 aliphatic carbocycles. The van der Waals surface area contributed by atoms with Crippen molar-refractivity contribution >= 4 is 32.9 Å². The molecule has 0 fully saturated rings. The van der Waals surface area contributed by atoms with E-state index < -0.39 is 0 Å². The summed E-state index contributed by atoms with van der Waals surface area (Å²) >= 11 is 3.28. The fourth-order valence-electron chi connectivity index (χ4n) is 4.49. The van der Waals surface area contributed by atoms with E-state index in [1.807, 2.05) is 0 Å². The van der Waals surface area contributed by atoms with Crippen LogP contribution in [-0.2, 0) is 13.0 Å². The topological polar surface area (TPSA) is 50.2 Å². The Balaban J connectivity index is 1.45. The number of H-pyrrole nitrogens is 1. The van der Waals surface area contributed by atoms with Gasteiger partial charge >= 0.3 is 0 Å². The molecular weight excluding hydrogens is 398 g/mol. The Hall–Kier alpha value is -2.28. The molecule has 0 saturated heterocycles. The monoisotopic (exact) mass is 422 g/mol. The smallest absolute Gasteiger partial charge is 0.260 e. The minimum absolute atomic E-state index is 0.0239. The molecule has 2 N–H and O–H groups in total. The standard InChI is InChI=1S/C23H23N3OS2/c1-14-10-11-19(29-14)17-13-28-23-21(17)22(27)24-20(25-23)12-26(2)18-9-5-7-15-6-3-4-8-16(15)18/h3-4,6,8,10-11,13,18H,5,7,9,12H2,1-2H3,(H,24,25,27)/p+1/t18-/m1/s1. The Labute approximate surface area is 177 Å². The Kier molecular flexibility index (Phi) is 4.86. The number of benzene rings is 1. The summed E-state index contributed by atoms with van der Waals surface area (Å²) in [7, 11) is 2.21. The van der Waals surface area contributed by atoms with Crippen molar-refractivity contribution in [2.45, 2.75) is 38.8 Å². The van der Waals surface area contributed by atoms with Gasteiger partial charge in [0.1, 0.15) is 17.4 Å². The lowest BCUT2D eigenvalue weighted by atomic mass is 9.87. The first-order chi connectivity index (χ1) is 14.1. The van der Waals surface area contributed by atoms with Crippen LogP contribution in [-0.4, -0.2) is 17.0 Å². The molecule has 1 unspecified atom stereocenters. The number of nitrogens with zero attached hydrogens (tertiary/aromatic N) is 1. The predicted molar refractivity (Wildman–Crippen MR) is 121 cm³/mol. The predicted octanol–water partition coefficient (Wildman–Crippen LogP) is 4.11. The largest absolute Gasteiger partial charge is 0.325 e. The number of hydrogen-bond donors (Lipinski definition) is 2. The Morgan fingerprint density at radius 3 is 2.93 bits per heavy atom. The van der Waals surface area contributed by atoms with Crippen molar-refractivity contribution in [3.63, 3.8) is 0 Å². The number of aromatic nitrogens is 2. The molecule has 0 saturated carbocycles. The SMILES string of the molecule is Cc1ccc(-c2csc3nc(C[NH+](C)[C@@H]4CCCc5ccccc54)[nH]c(=O)c23)s1. The molecular formula is C23H24N3OS2+. The number of rotatable bonds is 4. The van der Waals surface area contributed by atoms with Crippen molar-refractivity contribution < 1.29 is 4.90 Å². The van der Waals surface area contributed by atoms with Gasteiger partial charge in [-0.05, 0) is 37.5 Å².